The third-order valence-corrected chi connectivity index (χ3v) is 3.72. The number of hydrogen-bond donors (Lipinski definition) is 0. The molecule has 0 N–H and O–H groups in total. The lowest BCUT2D eigenvalue weighted by molar-refractivity contribution is 1.64. The Labute approximate surface area is 114 Å². The number of hydrogen-bond acceptors (Lipinski definition) is 2. The van der Waals surface area contributed by atoms with Crippen molar-refractivity contribution in [2.75, 3.05) is 0 Å². The zero-order valence-electron chi connectivity index (χ0n) is 8.91. The number of fused-ring (bicyclic) bond motifs is 1. The van der Waals surface area contributed by atoms with Gasteiger partial charge in [0.25, 0.3) is 0 Å². The van der Waals surface area contributed by atoms with Gasteiger partial charge in [0, 0.05) is 20.7 Å². The van der Waals surface area contributed by atoms with Gasteiger partial charge < -0.3 is 0 Å². The van der Waals surface area contributed by atoms with Crippen molar-refractivity contribution in [3.8, 4) is 0 Å². The molecule has 0 spiro atoms. The van der Waals surface area contributed by atoms with Crippen LogP contribution in [0.1, 0.15) is 5.56 Å². The van der Waals surface area contributed by atoms with Crippen LogP contribution >= 0.6 is 34.5 Å². The molecule has 0 amide bonds. The summed E-state index contributed by atoms with van der Waals surface area (Å²) in [5, 5.41) is 2.62. The van der Waals surface area contributed by atoms with Crippen LogP contribution < -0.4 is 0 Å². The van der Waals surface area contributed by atoms with Crippen LogP contribution in [0.2, 0.25) is 0 Å². The largest absolute Gasteiger partial charge is 0.225 e. The van der Waals surface area contributed by atoms with Gasteiger partial charge in [-0.1, -0.05) is 54.6 Å². The number of aliphatic imine (C=N–C) groups is 1. The Hall–Kier alpha value is -1.09. The number of rotatable bonds is 3. The molecule has 1 aromatic heterocycles. The molecule has 17 heavy (non-hydrogen) atoms. The number of nitrogens with zero attached hydrogens (tertiary/aromatic N) is 1. The van der Waals surface area contributed by atoms with Crippen LogP contribution in [0.5, 0.6) is 0 Å². The predicted octanol–water partition coefficient (Wildman–Crippen LogP) is 5.57. The third kappa shape index (κ3) is 2.44. The summed E-state index contributed by atoms with van der Waals surface area (Å²) in [6.45, 7) is 7.35. The van der Waals surface area contributed by atoms with Crippen LogP contribution in [0, 0.1) is 0 Å². The van der Waals surface area contributed by atoms with Crippen molar-refractivity contribution < 1.29 is 0 Å². The van der Waals surface area contributed by atoms with E-state index in [1.807, 2.05) is 24.3 Å². The molecule has 1 heterocycles. The lowest BCUT2D eigenvalue weighted by atomic mass is 10.1. The minimum absolute atomic E-state index is 0.343. The van der Waals surface area contributed by atoms with E-state index in [-0.39, 0.29) is 0 Å². The molecule has 1 aromatic carbocycles. The molecule has 0 radical (unpaired) electrons. The van der Waals surface area contributed by atoms with Crippen molar-refractivity contribution in [1.29, 1.82) is 0 Å². The highest BCUT2D eigenvalue weighted by molar-refractivity contribution is 7.23. The van der Waals surface area contributed by atoms with Crippen molar-refractivity contribution in [3.05, 3.63) is 49.1 Å². The topological polar surface area (TPSA) is 12.4 Å². The van der Waals surface area contributed by atoms with Crippen LogP contribution in [0.4, 0.5) is 5.00 Å². The zero-order valence-corrected chi connectivity index (χ0v) is 11.2. The fourth-order valence-electron chi connectivity index (χ4n) is 1.52. The second kappa shape index (κ2) is 5.05. The van der Waals surface area contributed by atoms with Crippen LogP contribution in [0.25, 0.3) is 15.1 Å². The monoisotopic (exact) mass is 281 g/mol. The minimum Gasteiger partial charge on any atom is -0.225 e. The first-order chi connectivity index (χ1) is 8.13. The summed E-state index contributed by atoms with van der Waals surface area (Å²) in [5.41, 5.74) is 0.840. The molecule has 0 saturated heterocycles. The summed E-state index contributed by atoms with van der Waals surface area (Å²) in [7, 11) is 0. The Morgan fingerprint density at radius 2 is 2.00 bits per heavy atom. The number of benzene rings is 1. The zero-order chi connectivity index (χ0) is 12.4. The molecule has 0 aliphatic carbocycles. The fraction of sp³-hybridized carbons (Fsp3) is 0. The predicted molar refractivity (Wildman–Crippen MR) is 79.9 cm³/mol. The average molecular weight is 282 g/mol. The lowest BCUT2D eigenvalue weighted by Gasteiger charge is -1.97. The van der Waals surface area contributed by atoms with E-state index >= 15 is 0 Å². The normalized spacial score (nSPS) is 11.8. The van der Waals surface area contributed by atoms with Crippen LogP contribution in [0.15, 0.2) is 48.5 Å². The summed E-state index contributed by atoms with van der Waals surface area (Å²) >= 11 is 13.4. The smallest absolute Gasteiger partial charge is 0.130 e. The molecule has 0 aliphatic rings. The second-order valence-corrected chi connectivity index (χ2v) is 5.20. The van der Waals surface area contributed by atoms with Gasteiger partial charge in [-0.15, -0.1) is 11.3 Å². The Morgan fingerprint density at radius 1 is 1.29 bits per heavy atom. The fourth-order valence-corrected chi connectivity index (χ4v) is 3.01. The van der Waals surface area contributed by atoms with Gasteiger partial charge in [0.1, 0.15) is 10.2 Å². The van der Waals surface area contributed by atoms with Crippen molar-refractivity contribution >= 4 is 59.8 Å². The van der Waals surface area contributed by atoms with E-state index in [9.17, 15) is 0 Å². The van der Waals surface area contributed by atoms with Gasteiger partial charge in [-0.05, 0) is 12.1 Å². The van der Waals surface area contributed by atoms with Crippen molar-refractivity contribution in [1.82, 2.24) is 0 Å². The van der Waals surface area contributed by atoms with Crippen LogP contribution in [-0.2, 0) is 0 Å². The van der Waals surface area contributed by atoms with Crippen molar-refractivity contribution in [2.24, 2.45) is 4.99 Å². The van der Waals surface area contributed by atoms with E-state index in [1.165, 1.54) is 17.4 Å². The lowest BCUT2D eigenvalue weighted by Crippen LogP contribution is -1.78. The molecule has 0 bridgehead atoms. The van der Waals surface area contributed by atoms with E-state index < -0.39 is 0 Å². The third-order valence-electron chi connectivity index (χ3n) is 2.22. The summed E-state index contributed by atoms with van der Waals surface area (Å²) in [4.78, 5) is 4.27. The molecule has 0 fully saturated rings. The second-order valence-electron chi connectivity index (χ2n) is 3.32. The molecule has 86 valence electrons. The maximum absolute atomic E-state index is 6.03. The Balaban J connectivity index is 2.74. The van der Waals surface area contributed by atoms with Gasteiger partial charge in [-0.2, -0.15) is 0 Å². The Kier molecular flexibility index (Phi) is 3.67. The van der Waals surface area contributed by atoms with Gasteiger partial charge in [0.05, 0.1) is 0 Å². The summed E-state index contributed by atoms with van der Waals surface area (Å²) in [6.07, 6.45) is 1.49. The highest BCUT2D eigenvalue weighted by Crippen LogP contribution is 2.42. The molecule has 4 heteroatoms. The first-order valence-electron chi connectivity index (χ1n) is 4.86. The van der Waals surface area contributed by atoms with Gasteiger partial charge in [-0.25, -0.2) is 4.99 Å². The van der Waals surface area contributed by atoms with Crippen LogP contribution in [0.3, 0.4) is 0 Å². The van der Waals surface area contributed by atoms with Crippen molar-refractivity contribution in [3.63, 3.8) is 0 Å². The summed E-state index contributed by atoms with van der Waals surface area (Å²) in [6, 6.07) is 7.95. The van der Waals surface area contributed by atoms with Gasteiger partial charge in [0.15, 0.2) is 0 Å². The minimum atomic E-state index is 0.343. The van der Waals surface area contributed by atoms with Crippen molar-refractivity contribution in [2.45, 2.75) is 0 Å². The average Bonchev–Trinajstić information content (AvgIpc) is 2.66. The molecule has 0 atom stereocenters. The van der Waals surface area contributed by atoms with E-state index in [1.54, 1.807) is 0 Å². The Morgan fingerprint density at radius 3 is 2.65 bits per heavy atom. The van der Waals surface area contributed by atoms with E-state index in [0.717, 1.165) is 20.7 Å². The number of thiophene rings is 1. The highest BCUT2D eigenvalue weighted by atomic mass is 35.5. The molecular weight excluding hydrogens is 273 g/mol. The molecule has 0 saturated carbocycles. The quantitative estimate of drug-likeness (QED) is 0.653. The molecular formula is C13H9Cl2NS. The molecule has 0 aliphatic heterocycles. The van der Waals surface area contributed by atoms with E-state index in [2.05, 4.69) is 18.2 Å². The maximum atomic E-state index is 6.03. The maximum Gasteiger partial charge on any atom is 0.130 e. The van der Waals surface area contributed by atoms with E-state index in [4.69, 9.17) is 23.2 Å². The molecule has 2 rings (SSSR count). The SMILES string of the molecule is C=C/C(Cl)=N\c1sc2ccccc2c1C(=C)Cl. The molecule has 0 unspecified atom stereocenters. The first kappa shape index (κ1) is 12.4. The molecule has 1 nitrogen and oxygen atoms in total. The first-order valence-corrected chi connectivity index (χ1v) is 6.43. The van der Waals surface area contributed by atoms with E-state index in [0.29, 0.717) is 10.2 Å². The van der Waals surface area contributed by atoms with Gasteiger partial charge >= 0.3 is 0 Å². The summed E-state index contributed by atoms with van der Waals surface area (Å²) < 4.78 is 1.11. The number of halogens is 2. The standard InChI is InChI=1S/C13H9Cl2NS/c1-3-11(15)16-13-12(8(2)14)9-6-4-5-7-10(9)17-13/h3-7H,1-2H2/b16-11+. The number of allylic oxidation sites excluding steroid dienone is 1. The van der Waals surface area contributed by atoms with Crippen LogP contribution in [-0.4, -0.2) is 5.17 Å². The summed E-state index contributed by atoms with van der Waals surface area (Å²) in [5.74, 6) is 0. The highest BCUT2D eigenvalue weighted by Gasteiger charge is 2.13. The molecule has 2 aromatic rings. The Bertz CT molecular complexity index is 625. The van der Waals surface area contributed by atoms with Gasteiger partial charge in [-0.3, -0.25) is 0 Å². The van der Waals surface area contributed by atoms with Gasteiger partial charge in [0.2, 0.25) is 0 Å².